The molecule has 0 aromatic heterocycles. The maximum absolute atomic E-state index is 12.0. The van der Waals surface area contributed by atoms with Crippen molar-refractivity contribution in [2.45, 2.75) is 6.10 Å². The Bertz CT molecular complexity index is 698. The third-order valence-corrected chi connectivity index (χ3v) is 4.09. The van der Waals surface area contributed by atoms with E-state index >= 15 is 0 Å². The van der Waals surface area contributed by atoms with Crippen LogP contribution in [0.2, 0.25) is 0 Å². The quantitative estimate of drug-likeness (QED) is 0.671. The van der Waals surface area contributed by atoms with Crippen molar-refractivity contribution in [1.29, 1.82) is 0 Å². The highest BCUT2D eigenvalue weighted by Gasteiger charge is 2.18. The molecule has 0 saturated carbocycles. The summed E-state index contributed by atoms with van der Waals surface area (Å²) in [7, 11) is 0. The molecular formula is C17H14Br2O5. The molecule has 0 heterocycles. The van der Waals surface area contributed by atoms with Gasteiger partial charge in [0.05, 0.1) is 17.7 Å². The first-order chi connectivity index (χ1) is 11.5. The first-order valence-electron chi connectivity index (χ1n) is 6.99. The van der Waals surface area contributed by atoms with Crippen LogP contribution >= 0.6 is 31.9 Å². The minimum absolute atomic E-state index is 0.229. The number of benzene rings is 2. The molecule has 5 nitrogen and oxygen atoms in total. The number of aliphatic hydroxyl groups is 1. The molecule has 0 bridgehead atoms. The molecule has 0 radical (unpaired) electrons. The van der Waals surface area contributed by atoms with Crippen LogP contribution in [-0.4, -0.2) is 36.4 Å². The first-order valence-corrected chi connectivity index (χ1v) is 8.58. The summed E-state index contributed by atoms with van der Waals surface area (Å²) in [5, 5.41) is 9.30. The van der Waals surface area contributed by atoms with Crippen LogP contribution < -0.4 is 0 Å². The van der Waals surface area contributed by atoms with Crippen LogP contribution in [0.15, 0.2) is 57.5 Å². The summed E-state index contributed by atoms with van der Waals surface area (Å²) in [5.74, 6) is -1.15. The average molecular weight is 458 g/mol. The zero-order valence-electron chi connectivity index (χ0n) is 12.4. The van der Waals surface area contributed by atoms with Crippen LogP contribution in [-0.2, 0) is 9.47 Å². The van der Waals surface area contributed by atoms with Gasteiger partial charge in [-0.15, -0.1) is 0 Å². The highest BCUT2D eigenvalue weighted by atomic mass is 79.9. The van der Waals surface area contributed by atoms with Gasteiger partial charge in [-0.3, -0.25) is 0 Å². The van der Waals surface area contributed by atoms with Crippen molar-refractivity contribution in [3.8, 4) is 0 Å². The Morgan fingerprint density at radius 1 is 0.875 bits per heavy atom. The van der Waals surface area contributed by atoms with E-state index in [0.29, 0.717) is 11.1 Å². The van der Waals surface area contributed by atoms with Crippen LogP contribution in [0.3, 0.4) is 0 Å². The predicted molar refractivity (Wildman–Crippen MR) is 94.9 cm³/mol. The molecule has 0 amide bonds. The highest BCUT2D eigenvalue weighted by molar-refractivity contribution is 9.10. The van der Waals surface area contributed by atoms with Crippen LogP contribution in [0.25, 0.3) is 0 Å². The van der Waals surface area contributed by atoms with E-state index in [2.05, 4.69) is 31.9 Å². The molecule has 0 fully saturated rings. The SMILES string of the molecule is O=C(OC[C@H](CO)OC(=O)c1ccc(Br)cc1)c1ccc(Br)cc1. The van der Waals surface area contributed by atoms with Gasteiger partial charge in [-0.1, -0.05) is 31.9 Å². The van der Waals surface area contributed by atoms with Gasteiger partial charge < -0.3 is 14.6 Å². The predicted octanol–water partition coefficient (Wildman–Crippen LogP) is 3.59. The fourth-order valence-corrected chi connectivity index (χ4v) is 2.30. The molecule has 24 heavy (non-hydrogen) atoms. The van der Waals surface area contributed by atoms with Crippen molar-refractivity contribution in [3.05, 3.63) is 68.6 Å². The molecule has 126 valence electrons. The van der Waals surface area contributed by atoms with Crippen LogP contribution in [0.5, 0.6) is 0 Å². The Morgan fingerprint density at radius 2 is 1.33 bits per heavy atom. The smallest absolute Gasteiger partial charge is 0.338 e. The van der Waals surface area contributed by atoms with Gasteiger partial charge in [-0.25, -0.2) is 9.59 Å². The maximum atomic E-state index is 12.0. The lowest BCUT2D eigenvalue weighted by Gasteiger charge is -2.15. The zero-order chi connectivity index (χ0) is 17.5. The van der Waals surface area contributed by atoms with Gasteiger partial charge in [0.1, 0.15) is 6.61 Å². The van der Waals surface area contributed by atoms with Gasteiger partial charge in [-0.2, -0.15) is 0 Å². The van der Waals surface area contributed by atoms with Crippen LogP contribution in [0, 0.1) is 0 Å². The van der Waals surface area contributed by atoms with E-state index in [0.717, 1.165) is 8.95 Å². The second-order valence-electron chi connectivity index (χ2n) is 4.82. The van der Waals surface area contributed by atoms with E-state index in [4.69, 9.17) is 9.47 Å². The average Bonchev–Trinajstić information content (AvgIpc) is 2.59. The Kier molecular flexibility index (Phi) is 6.96. The Hall–Kier alpha value is -1.70. The van der Waals surface area contributed by atoms with E-state index in [9.17, 15) is 14.7 Å². The molecule has 2 aromatic carbocycles. The summed E-state index contributed by atoms with van der Waals surface area (Å²) >= 11 is 6.55. The number of hydrogen-bond acceptors (Lipinski definition) is 5. The standard InChI is InChI=1S/C17H14Br2O5/c18-13-5-1-11(2-6-13)16(21)23-10-15(9-20)24-17(22)12-3-7-14(19)8-4-12/h1-8,15,20H,9-10H2/t15-/m0/s1. The third kappa shape index (κ3) is 5.43. The van der Waals surface area contributed by atoms with Gasteiger partial charge in [0.25, 0.3) is 0 Å². The van der Waals surface area contributed by atoms with Crippen molar-refractivity contribution in [1.82, 2.24) is 0 Å². The lowest BCUT2D eigenvalue weighted by Crippen LogP contribution is -2.28. The number of esters is 2. The third-order valence-electron chi connectivity index (χ3n) is 3.04. The fraction of sp³-hybridized carbons (Fsp3) is 0.176. The molecule has 1 atom stereocenters. The monoisotopic (exact) mass is 456 g/mol. The molecule has 0 saturated heterocycles. The number of hydrogen-bond donors (Lipinski definition) is 1. The second-order valence-corrected chi connectivity index (χ2v) is 6.65. The van der Waals surface area contributed by atoms with Crippen molar-refractivity contribution in [3.63, 3.8) is 0 Å². The summed E-state index contributed by atoms with van der Waals surface area (Å²) in [6, 6.07) is 13.2. The first kappa shape index (κ1) is 18.6. The van der Waals surface area contributed by atoms with Crippen LogP contribution in [0.1, 0.15) is 20.7 Å². The molecule has 0 aliphatic heterocycles. The highest BCUT2D eigenvalue weighted by Crippen LogP contribution is 2.13. The molecule has 1 N–H and O–H groups in total. The van der Waals surface area contributed by atoms with Gasteiger partial charge in [0.2, 0.25) is 0 Å². The van der Waals surface area contributed by atoms with Crippen molar-refractivity contribution >= 4 is 43.8 Å². The lowest BCUT2D eigenvalue weighted by atomic mass is 10.2. The van der Waals surface area contributed by atoms with E-state index in [1.807, 2.05) is 0 Å². The lowest BCUT2D eigenvalue weighted by molar-refractivity contribution is -0.0170. The second kappa shape index (κ2) is 8.96. The van der Waals surface area contributed by atoms with Crippen LogP contribution in [0.4, 0.5) is 0 Å². The molecule has 0 unspecified atom stereocenters. The number of carbonyl (C=O) groups is 2. The van der Waals surface area contributed by atoms with Gasteiger partial charge in [-0.05, 0) is 48.5 Å². The number of ether oxygens (including phenoxy) is 2. The normalized spacial score (nSPS) is 11.6. The fourth-order valence-electron chi connectivity index (χ4n) is 1.77. The summed E-state index contributed by atoms with van der Waals surface area (Å²) < 4.78 is 11.9. The summed E-state index contributed by atoms with van der Waals surface area (Å²) in [4.78, 5) is 23.9. The van der Waals surface area contributed by atoms with Crippen molar-refractivity contribution < 1.29 is 24.2 Å². The number of halogens is 2. The summed E-state index contributed by atoms with van der Waals surface area (Å²) in [5.41, 5.74) is 0.713. The van der Waals surface area contributed by atoms with E-state index in [1.54, 1.807) is 48.5 Å². The Balaban J connectivity index is 1.89. The number of carbonyl (C=O) groups excluding carboxylic acids is 2. The minimum Gasteiger partial charge on any atom is -0.458 e. The van der Waals surface area contributed by atoms with E-state index < -0.39 is 24.6 Å². The topological polar surface area (TPSA) is 72.8 Å². The maximum Gasteiger partial charge on any atom is 0.338 e. The largest absolute Gasteiger partial charge is 0.458 e. The van der Waals surface area contributed by atoms with Gasteiger partial charge in [0, 0.05) is 8.95 Å². The Morgan fingerprint density at radius 3 is 1.79 bits per heavy atom. The summed E-state index contributed by atoms with van der Waals surface area (Å²) in [6.07, 6.45) is -0.930. The Labute approximate surface area is 155 Å². The van der Waals surface area contributed by atoms with Crippen molar-refractivity contribution in [2.75, 3.05) is 13.2 Å². The molecular weight excluding hydrogens is 444 g/mol. The molecule has 0 aliphatic carbocycles. The molecule has 7 heteroatoms. The van der Waals surface area contributed by atoms with Gasteiger partial charge >= 0.3 is 11.9 Å². The summed E-state index contributed by atoms with van der Waals surface area (Å²) in [6.45, 7) is -0.677. The molecule has 0 spiro atoms. The van der Waals surface area contributed by atoms with Gasteiger partial charge in [0.15, 0.2) is 6.10 Å². The zero-order valence-corrected chi connectivity index (χ0v) is 15.6. The minimum atomic E-state index is -0.930. The molecule has 2 aromatic rings. The molecule has 0 aliphatic rings. The van der Waals surface area contributed by atoms with E-state index in [-0.39, 0.29) is 6.61 Å². The van der Waals surface area contributed by atoms with E-state index in [1.165, 1.54) is 0 Å². The molecule has 2 rings (SSSR count). The van der Waals surface area contributed by atoms with Crippen molar-refractivity contribution in [2.24, 2.45) is 0 Å². The number of rotatable bonds is 6. The number of aliphatic hydroxyl groups excluding tert-OH is 1.